The van der Waals surface area contributed by atoms with Crippen molar-refractivity contribution in [1.82, 2.24) is 19.1 Å². The first kappa shape index (κ1) is 23.1. The van der Waals surface area contributed by atoms with Gasteiger partial charge in [0.1, 0.15) is 0 Å². The largest absolute Gasteiger partial charge is 0.381 e. The molecule has 9 heteroatoms. The quantitative estimate of drug-likeness (QED) is 0.602. The number of carbonyl (C=O) groups is 1. The standard InChI is InChI=1S/C21H34N4O4S/c1-23(21(26)15-18-5-3-9-22-16-18)11-12-25(19-7-13-29-14-8-19)20-6-4-10-24(17-20)30(2,27)28/h3,5,9,16,19-20H,4,6-8,10-15,17H2,1-2H3. The molecule has 1 aromatic heterocycles. The molecule has 2 saturated heterocycles. The summed E-state index contributed by atoms with van der Waals surface area (Å²) in [7, 11) is -1.35. The summed E-state index contributed by atoms with van der Waals surface area (Å²) in [6, 6.07) is 4.30. The van der Waals surface area contributed by atoms with E-state index in [4.69, 9.17) is 4.74 Å². The second-order valence-electron chi connectivity index (χ2n) is 8.35. The molecular formula is C21H34N4O4S. The molecule has 168 valence electrons. The zero-order valence-corrected chi connectivity index (χ0v) is 18.9. The minimum atomic E-state index is -3.19. The Kier molecular flexibility index (Phi) is 8.21. The SMILES string of the molecule is CN(CCN(C1CCOCC1)C1CCCN(S(C)(=O)=O)C1)C(=O)Cc1cccnc1. The van der Waals surface area contributed by atoms with E-state index in [1.165, 1.54) is 6.26 Å². The molecule has 0 radical (unpaired) electrons. The second kappa shape index (κ2) is 10.7. The van der Waals surface area contributed by atoms with E-state index < -0.39 is 10.0 Å². The third-order valence-electron chi connectivity index (χ3n) is 6.15. The van der Waals surface area contributed by atoms with Gasteiger partial charge in [-0.15, -0.1) is 0 Å². The van der Waals surface area contributed by atoms with E-state index in [0.29, 0.717) is 32.1 Å². The van der Waals surface area contributed by atoms with Crippen molar-refractivity contribution in [3.8, 4) is 0 Å². The Hall–Kier alpha value is -1.55. The van der Waals surface area contributed by atoms with Crippen LogP contribution in [0.3, 0.4) is 0 Å². The van der Waals surface area contributed by atoms with Crippen LogP contribution < -0.4 is 0 Å². The summed E-state index contributed by atoms with van der Waals surface area (Å²) in [6.07, 6.45) is 8.80. The highest BCUT2D eigenvalue weighted by molar-refractivity contribution is 7.88. The van der Waals surface area contributed by atoms with Crippen LogP contribution in [0, 0.1) is 0 Å². The van der Waals surface area contributed by atoms with Gasteiger partial charge in [0.2, 0.25) is 15.9 Å². The maximum Gasteiger partial charge on any atom is 0.226 e. The Labute approximate surface area is 180 Å². The number of ether oxygens (including phenoxy) is 1. The summed E-state index contributed by atoms with van der Waals surface area (Å²) >= 11 is 0. The minimum Gasteiger partial charge on any atom is -0.381 e. The molecule has 1 unspecified atom stereocenters. The van der Waals surface area contributed by atoms with Crippen LogP contribution in [0.15, 0.2) is 24.5 Å². The third kappa shape index (κ3) is 6.47. The average molecular weight is 439 g/mol. The van der Waals surface area contributed by atoms with Gasteiger partial charge < -0.3 is 9.64 Å². The van der Waals surface area contributed by atoms with Crippen molar-refractivity contribution in [2.24, 2.45) is 0 Å². The molecule has 1 aromatic rings. The second-order valence-corrected chi connectivity index (χ2v) is 10.3. The van der Waals surface area contributed by atoms with E-state index in [1.807, 2.05) is 19.2 Å². The summed E-state index contributed by atoms with van der Waals surface area (Å²) in [5, 5.41) is 0. The van der Waals surface area contributed by atoms with Crippen LogP contribution in [0.25, 0.3) is 0 Å². The Bertz CT molecular complexity index is 783. The highest BCUT2D eigenvalue weighted by Gasteiger charge is 2.33. The summed E-state index contributed by atoms with van der Waals surface area (Å²) < 4.78 is 31.3. The summed E-state index contributed by atoms with van der Waals surface area (Å²) in [6.45, 7) is 3.96. The van der Waals surface area contributed by atoms with Crippen LogP contribution in [0.5, 0.6) is 0 Å². The van der Waals surface area contributed by atoms with Gasteiger partial charge in [0.25, 0.3) is 0 Å². The number of hydrogen-bond acceptors (Lipinski definition) is 6. The van der Waals surface area contributed by atoms with E-state index in [-0.39, 0.29) is 11.9 Å². The fourth-order valence-electron chi connectivity index (χ4n) is 4.38. The van der Waals surface area contributed by atoms with Gasteiger partial charge in [-0.05, 0) is 37.3 Å². The van der Waals surface area contributed by atoms with Gasteiger partial charge in [-0.2, -0.15) is 0 Å². The fraction of sp³-hybridized carbons (Fsp3) is 0.714. The molecule has 3 heterocycles. The number of piperidine rings is 1. The number of pyridine rings is 1. The molecule has 30 heavy (non-hydrogen) atoms. The maximum absolute atomic E-state index is 12.6. The summed E-state index contributed by atoms with van der Waals surface area (Å²) in [4.78, 5) is 20.9. The van der Waals surface area contributed by atoms with E-state index in [0.717, 1.165) is 51.0 Å². The Balaban J connectivity index is 1.63. The van der Waals surface area contributed by atoms with Gasteiger partial charge in [-0.3, -0.25) is 14.7 Å². The van der Waals surface area contributed by atoms with Crippen molar-refractivity contribution < 1.29 is 17.9 Å². The zero-order valence-electron chi connectivity index (χ0n) is 18.1. The van der Waals surface area contributed by atoms with Gasteiger partial charge in [-0.1, -0.05) is 6.07 Å². The van der Waals surface area contributed by atoms with Crippen molar-refractivity contribution in [3.05, 3.63) is 30.1 Å². The van der Waals surface area contributed by atoms with Crippen LogP contribution in [0.2, 0.25) is 0 Å². The average Bonchev–Trinajstić information content (AvgIpc) is 2.75. The summed E-state index contributed by atoms with van der Waals surface area (Å²) in [5.41, 5.74) is 0.909. The lowest BCUT2D eigenvalue weighted by atomic mass is 9.99. The molecule has 0 aliphatic carbocycles. The molecule has 2 aliphatic rings. The molecule has 3 rings (SSSR count). The Morgan fingerprint density at radius 3 is 2.67 bits per heavy atom. The molecule has 2 aliphatic heterocycles. The first-order valence-electron chi connectivity index (χ1n) is 10.8. The third-order valence-corrected chi connectivity index (χ3v) is 7.42. The lowest BCUT2D eigenvalue weighted by molar-refractivity contribution is -0.129. The molecule has 1 amide bonds. The topological polar surface area (TPSA) is 83.0 Å². The summed E-state index contributed by atoms with van der Waals surface area (Å²) in [5.74, 6) is 0.0661. The predicted octanol–water partition coefficient (Wildman–Crippen LogP) is 0.988. The molecule has 0 spiro atoms. The Morgan fingerprint density at radius 1 is 1.23 bits per heavy atom. The Morgan fingerprint density at radius 2 is 2.00 bits per heavy atom. The van der Waals surface area contributed by atoms with Crippen LogP contribution in [0.4, 0.5) is 0 Å². The number of hydrogen-bond donors (Lipinski definition) is 0. The number of sulfonamides is 1. The first-order valence-corrected chi connectivity index (χ1v) is 12.6. The molecule has 8 nitrogen and oxygen atoms in total. The molecule has 0 saturated carbocycles. The molecule has 0 N–H and O–H groups in total. The van der Waals surface area contributed by atoms with Crippen molar-refractivity contribution in [2.45, 2.75) is 44.2 Å². The number of amides is 1. The van der Waals surface area contributed by atoms with Crippen LogP contribution in [-0.2, 0) is 26.0 Å². The van der Waals surface area contributed by atoms with E-state index in [2.05, 4.69) is 9.88 Å². The lowest BCUT2D eigenvalue weighted by Crippen LogP contribution is -2.55. The number of nitrogens with zero attached hydrogens (tertiary/aromatic N) is 4. The number of carbonyl (C=O) groups excluding carboxylic acids is 1. The molecule has 0 bridgehead atoms. The van der Waals surface area contributed by atoms with E-state index in [1.54, 1.807) is 21.6 Å². The molecule has 1 atom stereocenters. The fourth-order valence-corrected chi connectivity index (χ4v) is 5.28. The van der Waals surface area contributed by atoms with Crippen molar-refractivity contribution in [3.63, 3.8) is 0 Å². The van der Waals surface area contributed by atoms with Gasteiger partial charge >= 0.3 is 0 Å². The first-order chi connectivity index (χ1) is 14.3. The minimum absolute atomic E-state index is 0.0661. The highest BCUT2D eigenvalue weighted by Crippen LogP contribution is 2.24. The van der Waals surface area contributed by atoms with Crippen LogP contribution in [0.1, 0.15) is 31.2 Å². The maximum atomic E-state index is 12.6. The van der Waals surface area contributed by atoms with Crippen LogP contribution in [-0.4, -0.2) is 98.2 Å². The predicted molar refractivity (Wildman–Crippen MR) is 116 cm³/mol. The molecule has 2 fully saturated rings. The van der Waals surface area contributed by atoms with E-state index in [9.17, 15) is 13.2 Å². The van der Waals surface area contributed by atoms with Gasteiger partial charge in [0.15, 0.2) is 0 Å². The monoisotopic (exact) mass is 438 g/mol. The van der Waals surface area contributed by atoms with Gasteiger partial charge in [-0.25, -0.2) is 12.7 Å². The van der Waals surface area contributed by atoms with Gasteiger partial charge in [0.05, 0.1) is 12.7 Å². The van der Waals surface area contributed by atoms with Crippen molar-refractivity contribution in [1.29, 1.82) is 0 Å². The number of rotatable bonds is 8. The van der Waals surface area contributed by atoms with Crippen LogP contribution >= 0.6 is 0 Å². The number of likely N-dealkylation sites (N-methyl/N-ethyl adjacent to an activating group) is 1. The van der Waals surface area contributed by atoms with Gasteiger partial charge in [0, 0.05) is 70.9 Å². The normalized spacial score (nSPS) is 21.6. The highest BCUT2D eigenvalue weighted by atomic mass is 32.2. The lowest BCUT2D eigenvalue weighted by Gasteiger charge is -2.44. The molecular weight excluding hydrogens is 404 g/mol. The van der Waals surface area contributed by atoms with Crippen molar-refractivity contribution in [2.75, 3.05) is 52.7 Å². The van der Waals surface area contributed by atoms with Crippen molar-refractivity contribution >= 4 is 15.9 Å². The van der Waals surface area contributed by atoms with E-state index >= 15 is 0 Å². The number of aromatic nitrogens is 1. The zero-order chi connectivity index (χ0) is 21.6. The smallest absolute Gasteiger partial charge is 0.226 e. The molecule has 0 aromatic carbocycles.